The van der Waals surface area contributed by atoms with E-state index in [1.807, 2.05) is 12.3 Å². The normalized spacial score (nSPS) is 21.4. The molecule has 4 rings (SSSR count). The van der Waals surface area contributed by atoms with Crippen molar-refractivity contribution in [1.82, 2.24) is 10.3 Å². The van der Waals surface area contributed by atoms with E-state index < -0.39 is 0 Å². The molecule has 5 nitrogen and oxygen atoms in total. The fraction of sp³-hybridized carbons (Fsp3) is 0.500. The van der Waals surface area contributed by atoms with Crippen LogP contribution in [0.5, 0.6) is 0 Å². The minimum atomic E-state index is -0.385. The number of nitrogens with zero attached hydrogens (tertiary/aromatic N) is 1. The molecule has 0 spiro atoms. The van der Waals surface area contributed by atoms with Gasteiger partial charge in [0.05, 0.1) is 12.0 Å². The lowest BCUT2D eigenvalue weighted by molar-refractivity contribution is -0.137. The number of hydrogen-bond acceptors (Lipinski definition) is 4. The number of nitrogens with one attached hydrogen (secondary N) is 1. The molecule has 1 atom stereocenters. The van der Waals surface area contributed by atoms with Gasteiger partial charge in [0, 0.05) is 38.8 Å². The second-order valence-electron chi connectivity index (χ2n) is 8.30. The number of benzene rings is 1. The highest BCUT2D eigenvalue weighted by Gasteiger charge is 2.40. The number of aromatic nitrogens is 1. The lowest BCUT2D eigenvalue weighted by Gasteiger charge is -2.36. The van der Waals surface area contributed by atoms with Crippen molar-refractivity contribution in [2.24, 2.45) is 11.3 Å². The smallest absolute Gasteiger partial charge is 0.226 e. The van der Waals surface area contributed by atoms with Gasteiger partial charge in [-0.1, -0.05) is 30.3 Å². The Morgan fingerprint density at radius 1 is 1.07 bits per heavy atom. The second kappa shape index (κ2) is 9.51. The molecule has 2 aromatic rings. The molecule has 1 N–H and O–H groups in total. The first-order chi connectivity index (χ1) is 14.3. The van der Waals surface area contributed by atoms with Gasteiger partial charge in [0.15, 0.2) is 0 Å². The van der Waals surface area contributed by atoms with Gasteiger partial charge in [-0.15, -0.1) is 0 Å². The molecule has 0 radical (unpaired) electrons. The van der Waals surface area contributed by atoms with Crippen LogP contribution in [0.1, 0.15) is 31.2 Å². The Hall–Kier alpha value is -2.24. The van der Waals surface area contributed by atoms with E-state index in [1.54, 1.807) is 6.20 Å². The van der Waals surface area contributed by atoms with Crippen LogP contribution >= 0.6 is 0 Å². The summed E-state index contributed by atoms with van der Waals surface area (Å²) in [5.74, 6) is 0.603. The summed E-state index contributed by atoms with van der Waals surface area (Å²) in [6.07, 6.45) is 8.16. The van der Waals surface area contributed by atoms with Crippen molar-refractivity contribution in [3.8, 4) is 11.1 Å². The Morgan fingerprint density at radius 3 is 2.59 bits per heavy atom. The third-order valence-electron chi connectivity index (χ3n) is 6.23. The van der Waals surface area contributed by atoms with Gasteiger partial charge >= 0.3 is 0 Å². The fourth-order valence-corrected chi connectivity index (χ4v) is 4.38. The van der Waals surface area contributed by atoms with Crippen LogP contribution in [-0.4, -0.2) is 43.9 Å². The Bertz CT molecular complexity index is 780. The molecule has 0 aliphatic carbocycles. The SMILES string of the molecule is O=C(NC[C@@H]1CCCOC1)C1(Cc2ccc(-c3cccnc3)cc2)CCOCC1. The maximum Gasteiger partial charge on any atom is 0.226 e. The molecule has 2 aliphatic heterocycles. The van der Waals surface area contributed by atoms with Crippen LogP contribution in [0.2, 0.25) is 0 Å². The molecule has 1 aromatic heterocycles. The van der Waals surface area contributed by atoms with Crippen LogP contribution in [0.15, 0.2) is 48.8 Å². The summed E-state index contributed by atoms with van der Waals surface area (Å²) < 4.78 is 11.1. The third-order valence-corrected chi connectivity index (χ3v) is 6.23. The van der Waals surface area contributed by atoms with Crippen LogP contribution in [0.25, 0.3) is 11.1 Å². The zero-order valence-corrected chi connectivity index (χ0v) is 16.9. The quantitative estimate of drug-likeness (QED) is 0.813. The van der Waals surface area contributed by atoms with Crippen LogP contribution < -0.4 is 5.32 Å². The molecule has 154 valence electrons. The Labute approximate surface area is 172 Å². The molecule has 5 heteroatoms. The highest BCUT2D eigenvalue weighted by Crippen LogP contribution is 2.35. The Balaban J connectivity index is 1.44. The summed E-state index contributed by atoms with van der Waals surface area (Å²) in [5.41, 5.74) is 3.05. The second-order valence-corrected chi connectivity index (χ2v) is 8.30. The first-order valence-corrected chi connectivity index (χ1v) is 10.7. The van der Waals surface area contributed by atoms with Gasteiger partial charge in [0.1, 0.15) is 0 Å². The minimum absolute atomic E-state index is 0.169. The van der Waals surface area contributed by atoms with Gasteiger partial charge in [-0.2, -0.15) is 0 Å². The number of ether oxygens (including phenoxy) is 2. The molecule has 0 saturated carbocycles. The van der Waals surface area contributed by atoms with Crippen molar-refractivity contribution in [2.75, 3.05) is 33.0 Å². The fourth-order valence-electron chi connectivity index (χ4n) is 4.38. The lowest BCUT2D eigenvalue weighted by Crippen LogP contribution is -2.47. The van der Waals surface area contributed by atoms with Crippen molar-refractivity contribution < 1.29 is 14.3 Å². The van der Waals surface area contributed by atoms with Gasteiger partial charge in [-0.05, 0) is 60.8 Å². The van der Waals surface area contributed by atoms with Crippen LogP contribution in [0, 0.1) is 11.3 Å². The van der Waals surface area contributed by atoms with Crippen LogP contribution in [0.4, 0.5) is 0 Å². The zero-order chi connectivity index (χ0) is 19.9. The standard InChI is InChI=1S/C24H30N2O3/c27-23(26-16-20-3-2-12-29-18-20)24(9-13-28-14-10-24)15-19-5-7-21(8-6-19)22-4-1-11-25-17-22/h1,4-8,11,17,20H,2-3,9-10,12-16,18H2,(H,26,27)/t20-/m0/s1. The third kappa shape index (κ3) is 5.03. The highest BCUT2D eigenvalue weighted by molar-refractivity contribution is 5.83. The van der Waals surface area contributed by atoms with Crippen molar-refractivity contribution in [1.29, 1.82) is 0 Å². The molecule has 0 bridgehead atoms. The monoisotopic (exact) mass is 394 g/mol. The summed E-state index contributed by atoms with van der Waals surface area (Å²) in [6, 6.07) is 12.5. The molecule has 1 amide bonds. The van der Waals surface area contributed by atoms with E-state index in [1.165, 1.54) is 5.56 Å². The predicted molar refractivity (Wildman–Crippen MR) is 112 cm³/mol. The lowest BCUT2D eigenvalue weighted by atomic mass is 9.74. The zero-order valence-electron chi connectivity index (χ0n) is 16.9. The van der Waals surface area contributed by atoms with Crippen LogP contribution in [0.3, 0.4) is 0 Å². The van der Waals surface area contributed by atoms with Crippen molar-refractivity contribution in [3.05, 3.63) is 54.4 Å². The molecule has 2 aliphatic rings. The summed E-state index contributed by atoms with van der Waals surface area (Å²) >= 11 is 0. The molecule has 1 aromatic carbocycles. The van der Waals surface area contributed by atoms with E-state index in [0.717, 1.165) is 56.4 Å². The van der Waals surface area contributed by atoms with Gasteiger partial charge in [0.25, 0.3) is 0 Å². The topological polar surface area (TPSA) is 60.5 Å². The number of amides is 1. The van der Waals surface area contributed by atoms with E-state index in [9.17, 15) is 4.79 Å². The highest BCUT2D eigenvalue weighted by atomic mass is 16.5. The summed E-state index contributed by atoms with van der Waals surface area (Å²) in [4.78, 5) is 17.4. The van der Waals surface area contributed by atoms with E-state index in [4.69, 9.17) is 9.47 Å². The minimum Gasteiger partial charge on any atom is -0.381 e. The van der Waals surface area contributed by atoms with Gasteiger partial charge in [-0.3, -0.25) is 9.78 Å². The van der Waals surface area contributed by atoms with Crippen molar-refractivity contribution in [2.45, 2.75) is 32.1 Å². The molecular formula is C24H30N2O3. The Kier molecular flexibility index (Phi) is 6.57. The largest absolute Gasteiger partial charge is 0.381 e. The number of carbonyl (C=O) groups is 1. The molecule has 2 fully saturated rings. The van der Waals surface area contributed by atoms with E-state index in [0.29, 0.717) is 25.7 Å². The first-order valence-electron chi connectivity index (χ1n) is 10.7. The number of hydrogen-bond donors (Lipinski definition) is 1. The van der Waals surface area contributed by atoms with E-state index in [2.05, 4.69) is 40.6 Å². The molecule has 29 heavy (non-hydrogen) atoms. The number of carbonyl (C=O) groups excluding carboxylic acids is 1. The summed E-state index contributed by atoms with van der Waals surface area (Å²) in [5, 5.41) is 3.24. The predicted octanol–water partition coefficient (Wildman–Crippen LogP) is 3.63. The molecular weight excluding hydrogens is 364 g/mol. The summed E-state index contributed by atoms with van der Waals surface area (Å²) in [6.45, 7) is 3.61. The summed E-state index contributed by atoms with van der Waals surface area (Å²) in [7, 11) is 0. The molecule has 0 unspecified atom stereocenters. The Morgan fingerprint density at radius 2 is 1.90 bits per heavy atom. The average Bonchev–Trinajstić information content (AvgIpc) is 2.80. The molecule has 3 heterocycles. The number of pyridine rings is 1. The van der Waals surface area contributed by atoms with E-state index in [-0.39, 0.29) is 11.3 Å². The van der Waals surface area contributed by atoms with Gasteiger partial charge in [0.2, 0.25) is 5.91 Å². The number of rotatable bonds is 6. The van der Waals surface area contributed by atoms with Crippen molar-refractivity contribution in [3.63, 3.8) is 0 Å². The maximum absolute atomic E-state index is 13.2. The van der Waals surface area contributed by atoms with E-state index >= 15 is 0 Å². The van der Waals surface area contributed by atoms with Gasteiger partial charge < -0.3 is 14.8 Å². The maximum atomic E-state index is 13.2. The van der Waals surface area contributed by atoms with Crippen molar-refractivity contribution >= 4 is 5.91 Å². The van der Waals surface area contributed by atoms with Crippen LogP contribution in [-0.2, 0) is 20.7 Å². The van der Waals surface area contributed by atoms with Gasteiger partial charge in [-0.25, -0.2) is 0 Å². The first kappa shape index (κ1) is 20.0. The molecule has 2 saturated heterocycles. The average molecular weight is 395 g/mol.